The van der Waals surface area contributed by atoms with Gasteiger partial charge in [-0.2, -0.15) is 13.2 Å². The molecule has 0 unspecified atom stereocenters. The van der Waals surface area contributed by atoms with Crippen molar-refractivity contribution in [2.75, 3.05) is 6.54 Å². The van der Waals surface area contributed by atoms with Crippen LogP contribution < -0.4 is 5.32 Å². The summed E-state index contributed by atoms with van der Waals surface area (Å²) in [6.45, 7) is 0.188. The monoisotopic (exact) mass is 310 g/mol. The molecular weight excluding hydrogens is 297 g/mol. The van der Waals surface area contributed by atoms with Crippen molar-refractivity contribution in [3.8, 4) is 0 Å². The third kappa shape index (κ3) is 5.16. The molecule has 1 heterocycles. The number of nitrogens with zero attached hydrogens (tertiary/aromatic N) is 1. The predicted molar refractivity (Wildman–Crippen MR) is 65.6 cm³/mol. The Morgan fingerprint density at radius 2 is 2.00 bits per heavy atom. The molecule has 20 heavy (non-hydrogen) atoms. The largest absolute Gasteiger partial charge is 0.481 e. The molecule has 0 atom stereocenters. The zero-order valence-electron chi connectivity index (χ0n) is 10.4. The van der Waals surface area contributed by atoms with Crippen LogP contribution in [0.25, 0.3) is 0 Å². The summed E-state index contributed by atoms with van der Waals surface area (Å²) in [5.74, 6) is -1.76. The van der Waals surface area contributed by atoms with Crippen molar-refractivity contribution in [1.82, 2.24) is 10.3 Å². The number of carboxylic acid groups (broad SMARTS) is 1. The number of thiazole rings is 1. The van der Waals surface area contributed by atoms with Crippen LogP contribution in [0.5, 0.6) is 0 Å². The molecule has 1 rings (SSSR count). The number of hydrogen-bond donors (Lipinski definition) is 2. The second-order valence-electron chi connectivity index (χ2n) is 3.99. The van der Waals surface area contributed by atoms with Crippen LogP contribution in [0.1, 0.15) is 41.0 Å². The number of carboxylic acids is 1. The molecule has 0 saturated heterocycles. The zero-order valence-corrected chi connectivity index (χ0v) is 11.2. The molecule has 5 nitrogen and oxygen atoms in total. The van der Waals surface area contributed by atoms with Crippen molar-refractivity contribution in [2.24, 2.45) is 0 Å². The highest BCUT2D eigenvalue weighted by atomic mass is 32.1. The molecule has 1 aromatic heterocycles. The van der Waals surface area contributed by atoms with Gasteiger partial charge in [0, 0.05) is 13.0 Å². The second-order valence-corrected chi connectivity index (χ2v) is 4.84. The summed E-state index contributed by atoms with van der Waals surface area (Å²) in [5.41, 5.74) is 0.359. The number of halogens is 3. The van der Waals surface area contributed by atoms with Crippen LogP contribution in [0, 0.1) is 0 Å². The van der Waals surface area contributed by atoms with E-state index in [2.05, 4.69) is 10.3 Å². The molecule has 112 valence electrons. The molecule has 2 N–H and O–H groups in total. The van der Waals surface area contributed by atoms with Crippen molar-refractivity contribution in [1.29, 1.82) is 0 Å². The highest BCUT2D eigenvalue weighted by molar-refractivity contribution is 7.10. The molecule has 0 aliphatic carbocycles. The van der Waals surface area contributed by atoms with Crippen LogP contribution in [-0.4, -0.2) is 28.5 Å². The molecule has 0 fully saturated rings. The number of aromatic nitrogens is 1. The minimum Gasteiger partial charge on any atom is -0.481 e. The van der Waals surface area contributed by atoms with Crippen molar-refractivity contribution >= 4 is 23.2 Å². The van der Waals surface area contributed by atoms with Gasteiger partial charge < -0.3 is 10.4 Å². The van der Waals surface area contributed by atoms with Gasteiger partial charge in [-0.1, -0.05) is 6.42 Å². The zero-order chi connectivity index (χ0) is 15.2. The Hall–Kier alpha value is -1.64. The highest BCUT2D eigenvalue weighted by Crippen LogP contribution is 2.34. The van der Waals surface area contributed by atoms with Crippen LogP contribution in [-0.2, 0) is 11.0 Å². The lowest BCUT2D eigenvalue weighted by Crippen LogP contribution is -2.27. The maximum Gasteiger partial charge on any atom is 0.427 e. The standard InChI is InChI=1S/C11H13F3N2O3S/c12-11(13,14)9-8(16-6-20-9)10(19)15-5-3-1-2-4-7(17)18/h6H,1-5H2,(H,15,19)(H,17,18). The lowest BCUT2D eigenvalue weighted by Gasteiger charge is -2.07. The summed E-state index contributed by atoms with van der Waals surface area (Å²) in [5, 5.41) is 10.8. The maximum atomic E-state index is 12.5. The van der Waals surface area contributed by atoms with Gasteiger partial charge in [0.1, 0.15) is 4.88 Å². The Kier molecular flexibility index (Phi) is 5.93. The SMILES string of the molecule is O=C(O)CCCCCNC(=O)c1ncsc1C(F)(F)F. The van der Waals surface area contributed by atoms with Gasteiger partial charge in [0.2, 0.25) is 0 Å². The summed E-state index contributed by atoms with van der Waals surface area (Å²) in [6, 6.07) is 0. The van der Waals surface area contributed by atoms with E-state index < -0.39 is 28.6 Å². The quantitative estimate of drug-likeness (QED) is 0.759. The summed E-state index contributed by atoms with van der Waals surface area (Å²) in [6.07, 6.45) is -3.00. The molecule has 0 bridgehead atoms. The van der Waals surface area contributed by atoms with E-state index in [0.29, 0.717) is 30.6 Å². The van der Waals surface area contributed by atoms with Gasteiger partial charge in [0.25, 0.3) is 5.91 Å². The molecule has 0 radical (unpaired) electrons. The predicted octanol–water partition coefficient (Wildman–Crippen LogP) is 2.54. The first-order valence-corrected chi connectivity index (χ1v) is 6.71. The molecule has 0 saturated carbocycles. The molecule has 1 amide bonds. The molecule has 0 aromatic carbocycles. The number of aliphatic carboxylic acids is 1. The van der Waals surface area contributed by atoms with Gasteiger partial charge in [-0.05, 0) is 12.8 Å². The molecular formula is C11H13F3N2O3S. The average molecular weight is 310 g/mol. The van der Waals surface area contributed by atoms with E-state index in [0.717, 1.165) is 5.51 Å². The third-order valence-electron chi connectivity index (χ3n) is 2.39. The lowest BCUT2D eigenvalue weighted by molar-refractivity contribution is -0.137. The van der Waals surface area contributed by atoms with Crippen LogP contribution in [0.2, 0.25) is 0 Å². The van der Waals surface area contributed by atoms with Crippen LogP contribution in [0.15, 0.2) is 5.51 Å². The third-order valence-corrected chi connectivity index (χ3v) is 3.26. The number of alkyl halides is 3. The Morgan fingerprint density at radius 1 is 1.30 bits per heavy atom. The number of nitrogens with one attached hydrogen (secondary N) is 1. The van der Waals surface area contributed by atoms with E-state index in [1.54, 1.807) is 0 Å². The molecule has 0 aliphatic rings. The fourth-order valence-electron chi connectivity index (χ4n) is 1.47. The van der Waals surface area contributed by atoms with E-state index in [1.807, 2.05) is 0 Å². The summed E-state index contributed by atoms with van der Waals surface area (Å²) in [4.78, 5) is 24.2. The Balaban J connectivity index is 2.37. The molecule has 0 spiro atoms. The first kappa shape index (κ1) is 16.4. The molecule has 9 heteroatoms. The molecule has 0 aliphatic heterocycles. The first-order chi connectivity index (χ1) is 9.32. The van der Waals surface area contributed by atoms with E-state index in [1.165, 1.54) is 0 Å². The Bertz CT molecular complexity index is 474. The van der Waals surface area contributed by atoms with Gasteiger partial charge in [-0.3, -0.25) is 9.59 Å². The maximum absolute atomic E-state index is 12.5. The van der Waals surface area contributed by atoms with E-state index >= 15 is 0 Å². The normalized spacial score (nSPS) is 11.3. The Labute approximate surface area is 116 Å². The smallest absolute Gasteiger partial charge is 0.427 e. The summed E-state index contributed by atoms with van der Waals surface area (Å²) >= 11 is 0.373. The first-order valence-electron chi connectivity index (χ1n) is 5.83. The fraction of sp³-hybridized carbons (Fsp3) is 0.545. The fourth-order valence-corrected chi connectivity index (χ4v) is 2.13. The van der Waals surface area contributed by atoms with E-state index in [9.17, 15) is 22.8 Å². The number of carbonyl (C=O) groups is 2. The number of hydrogen-bond acceptors (Lipinski definition) is 4. The van der Waals surface area contributed by atoms with Crippen molar-refractivity contribution in [3.05, 3.63) is 16.1 Å². The minimum absolute atomic E-state index is 0.0399. The van der Waals surface area contributed by atoms with Crippen LogP contribution in [0.3, 0.4) is 0 Å². The molecule has 1 aromatic rings. The lowest BCUT2D eigenvalue weighted by atomic mass is 10.2. The van der Waals surface area contributed by atoms with Gasteiger partial charge in [-0.15, -0.1) is 11.3 Å². The second kappa shape index (κ2) is 7.22. The van der Waals surface area contributed by atoms with Crippen LogP contribution >= 0.6 is 11.3 Å². The highest BCUT2D eigenvalue weighted by Gasteiger charge is 2.37. The average Bonchev–Trinajstić information content (AvgIpc) is 2.81. The summed E-state index contributed by atoms with van der Waals surface area (Å²) < 4.78 is 37.6. The van der Waals surface area contributed by atoms with Gasteiger partial charge >= 0.3 is 12.1 Å². The number of rotatable bonds is 7. The number of carbonyl (C=O) groups excluding carboxylic acids is 1. The summed E-state index contributed by atoms with van der Waals surface area (Å²) in [7, 11) is 0. The minimum atomic E-state index is -4.59. The van der Waals surface area contributed by atoms with Gasteiger partial charge in [0.05, 0.1) is 5.51 Å². The van der Waals surface area contributed by atoms with Crippen molar-refractivity contribution < 1.29 is 27.9 Å². The van der Waals surface area contributed by atoms with Crippen molar-refractivity contribution in [3.63, 3.8) is 0 Å². The Morgan fingerprint density at radius 3 is 2.60 bits per heavy atom. The van der Waals surface area contributed by atoms with Crippen LogP contribution in [0.4, 0.5) is 13.2 Å². The topological polar surface area (TPSA) is 79.3 Å². The van der Waals surface area contributed by atoms with Crippen molar-refractivity contribution in [2.45, 2.75) is 31.9 Å². The van der Waals surface area contributed by atoms with Gasteiger partial charge in [-0.25, -0.2) is 4.98 Å². The number of amides is 1. The van der Waals surface area contributed by atoms with Gasteiger partial charge in [0.15, 0.2) is 5.69 Å². The number of unbranched alkanes of at least 4 members (excludes halogenated alkanes) is 2. The van der Waals surface area contributed by atoms with E-state index in [4.69, 9.17) is 5.11 Å². The van der Waals surface area contributed by atoms with E-state index in [-0.39, 0.29) is 13.0 Å².